The van der Waals surface area contributed by atoms with Crippen molar-refractivity contribution in [3.63, 3.8) is 0 Å². The molecule has 2 aromatic heterocycles. The lowest BCUT2D eigenvalue weighted by atomic mass is 10.2. The van der Waals surface area contributed by atoms with Crippen LogP contribution in [-0.4, -0.2) is 25.8 Å². The summed E-state index contributed by atoms with van der Waals surface area (Å²) in [6.07, 6.45) is 8.96. The van der Waals surface area contributed by atoms with Gasteiger partial charge in [-0.25, -0.2) is 0 Å². The molecule has 0 saturated heterocycles. The molecule has 100 valence electrons. The van der Waals surface area contributed by atoms with E-state index in [9.17, 15) is 4.79 Å². The Morgan fingerprint density at radius 2 is 2.26 bits per heavy atom. The van der Waals surface area contributed by atoms with Gasteiger partial charge in [0, 0.05) is 24.5 Å². The maximum atomic E-state index is 11.2. The second-order valence-electron chi connectivity index (χ2n) is 5.19. The number of hydrogen-bond donors (Lipinski definition) is 0. The van der Waals surface area contributed by atoms with Gasteiger partial charge >= 0.3 is 0 Å². The van der Waals surface area contributed by atoms with Gasteiger partial charge < -0.3 is 0 Å². The van der Waals surface area contributed by atoms with Gasteiger partial charge in [0.15, 0.2) is 6.29 Å². The molecule has 1 fully saturated rings. The van der Waals surface area contributed by atoms with Gasteiger partial charge in [0.2, 0.25) is 0 Å². The molecule has 2 aromatic rings. The van der Waals surface area contributed by atoms with Crippen LogP contribution in [0.3, 0.4) is 0 Å². The highest BCUT2D eigenvalue weighted by molar-refractivity contribution is 5.85. The quantitative estimate of drug-likeness (QED) is 0.774. The molecule has 3 rings (SSSR count). The molecule has 0 amide bonds. The summed E-state index contributed by atoms with van der Waals surface area (Å²) in [5, 5.41) is 8.83. The van der Waals surface area contributed by atoms with Crippen LogP contribution in [0, 0.1) is 5.92 Å². The molecular formula is C14H18N4O. The zero-order valence-electron chi connectivity index (χ0n) is 11.3. The predicted molar refractivity (Wildman–Crippen MR) is 71.9 cm³/mol. The Balaban J connectivity index is 1.97. The minimum Gasteiger partial charge on any atom is -0.298 e. The van der Waals surface area contributed by atoms with Crippen molar-refractivity contribution in [3.05, 3.63) is 24.2 Å². The van der Waals surface area contributed by atoms with Crippen molar-refractivity contribution in [1.29, 1.82) is 0 Å². The number of hydrogen-bond acceptors (Lipinski definition) is 3. The Labute approximate surface area is 112 Å². The summed E-state index contributed by atoms with van der Waals surface area (Å²) in [5.74, 6) is 0.714. The molecule has 0 N–H and O–H groups in total. The van der Waals surface area contributed by atoms with Crippen LogP contribution >= 0.6 is 0 Å². The first kappa shape index (κ1) is 12.1. The van der Waals surface area contributed by atoms with Crippen LogP contribution in [0.2, 0.25) is 0 Å². The van der Waals surface area contributed by atoms with Crippen LogP contribution in [-0.2, 0) is 6.54 Å². The van der Waals surface area contributed by atoms with Gasteiger partial charge in [0.05, 0.1) is 17.8 Å². The molecule has 5 nitrogen and oxygen atoms in total. The summed E-state index contributed by atoms with van der Waals surface area (Å²) >= 11 is 0. The zero-order valence-corrected chi connectivity index (χ0v) is 11.3. The summed E-state index contributed by atoms with van der Waals surface area (Å²) in [5.41, 5.74) is 2.29. The highest BCUT2D eigenvalue weighted by atomic mass is 16.1. The fraction of sp³-hybridized carbons (Fsp3) is 0.500. The van der Waals surface area contributed by atoms with E-state index >= 15 is 0 Å². The molecule has 0 aliphatic heterocycles. The monoisotopic (exact) mass is 258 g/mol. The van der Waals surface area contributed by atoms with Crippen LogP contribution in [0.4, 0.5) is 0 Å². The lowest BCUT2D eigenvalue weighted by Gasteiger charge is -2.09. The van der Waals surface area contributed by atoms with E-state index in [1.807, 2.05) is 28.7 Å². The molecule has 1 aliphatic rings. The first-order valence-corrected chi connectivity index (χ1v) is 6.80. The van der Waals surface area contributed by atoms with Crippen molar-refractivity contribution in [2.45, 2.75) is 39.3 Å². The van der Waals surface area contributed by atoms with Crippen molar-refractivity contribution >= 4 is 6.29 Å². The molecule has 1 atom stereocenters. The largest absolute Gasteiger partial charge is 0.298 e. The minimum absolute atomic E-state index is 0.369. The van der Waals surface area contributed by atoms with Crippen LogP contribution in [0.25, 0.3) is 11.3 Å². The summed E-state index contributed by atoms with van der Waals surface area (Å²) < 4.78 is 3.77. The number of carbonyl (C=O) groups is 1. The van der Waals surface area contributed by atoms with E-state index in [0.29, 0.717) is 17.5 Å². The Hall–Kier alpha value is -1.91. The van der Waals surface area contributed by atoms with Crippen molar-refractivity contribution in [1.82, 2.24) is 19.6 Å². The van der Waals surface area contributed by atoms with Crippen molar-refractivity contribution in [2.75, 3.05) is 0 Å². The molecule has 19 heavy (non-hydrogen) atoms. The van der Waals surface area contributed by atoms with Crippen molar-refractivity contribution in [3.8, 4) is 11.3 Å². The first-order valence-electron chi connectivity index (χ1n) is 6.80. The van der Waals surface area contributed by atoms with Gasteiger partial charge in [-0.15, -0.1) is 0 Å². The second kappa shape index (κ2) is 4.64. The SMILES string of the molecule is CCn1cc(-c2nn(C(C)C3CC3)cc2C=O)cn1. The molecule has 0 spiro atoms. The highest BCUT2D eigenvalue weighted by Crippen LogP contribution is 2.39. The van der Waals surface area contributed by atoms with E-state index in [1.54, 1.807) is 6.20 Å². The maximum absolute atomic E-state index is 11.2. The smallest absolute Gasteiger partial charge is 0.153 e. The molecule has 0 radical (unpaired) electrons. The van der Waals surface area contributed by atoms with Gasteiger partial charge in [-0.1, -0.05) is 0 Å². The normalized spacial score (nSPS) is 16.5. The fourth-order valence-corrected chi connectivity index (χ4v) is 2.38. The standard InChI is InChI=1S/C14H18N4O/c1-3-17-7-12(6-15-17)14-13(9-19)8-18(16-14)10(2)11-4-5-11/h6-11H,3-5H2,1-2H3. The van der Waals surface area contributed by atoms with Gasteiger partial charge in [-0.2, -0.15) is 10.2 Å². The Kier molecular flexibility index (Phi) is 2.97. The van der Waals surface area contributed by atoms with Crippen LogP contribution < -0.4 is 0 Å². The number of carbonyl (C=O) groups excluding carboxylic acids is 1. The fourth-order valence-electron chi connectivity index (χ4n) is 2.38. The van der Waals surface area contributed by atoms with Crippen molar-refractivity contribution < 1.29 is 4.79 Å². The van der Waals surface area contributed by atoms with E-state index in [1.165, 1.54) is 12.8 Å². The lowest BCUT2D eigenvalue weighted by Crippen LogP contribution is -2.07. The third kappa shape index (κ3) is 2.20. The average molecular weight is 258 g/mol. The number of aryl methyl sites for hydroxylation is 1. The predicted octanol–water partition coefficient (Wildman–Crippen LogP) is 2.55. The summed E-state index contributed by atoms with van der Waals surface area (Å²) in [7, 11) is 0. The van der Waals surface area contributed by atoms with E-state index in [2.05, 4.69) is 17.1 Å². The minimum atomic E-state index is 0.369. The van der Waals surface area contributed by atoms with E-state index in [0.717, 1.165) is 24.1 Å². The first-order chi connectivity index (χ1) is 9.22. The van der Waals surface area contributed by atoms with Crippen LogP contribution in [0.1, 0.15) is 43.1 Å². The average Bonchev–Trinajstić information content (AvgIpc) is 3.02. The van der Waals surface area contributed by atoms with E-state index in [-0.39, 0.29) is 0 Å². The number of aromatic nitrogens is 4. The van der Waals surface area contributed by atoms with Gasteiger partial charge in [-0.3, -0.25) is 14.2 Å². The lowest BCUT2D eigenvalue weighted by molar-refractivity contribution is 0.112. The summed E-state index contributed by atoms with van der Waals surface area (Å²) in [4.78, 5) is 11.2. The molecule has 1 aliphatic carbocycles. The second-order valence-corrected chi connectivity index (χ2v) is 5.19. The molecule has 5 heteroatoms. The number of aldehydes is 1. The van der Waals surface area contributed by atoms with Crippen LogP contribution in [0.15, 0.2) is 18.6 Å². The Morgan fingerprint density at radius 3 is 2.84 bits per heavy atom. The van der Waals surface area contributed by atoms with E-state index < -0.39 is 0 Å². The molecular weight excluding hydrogens is 240 g/mol. The summed E-state index contributed by atoms with van der Waals surface area (Å²) in [6, 6.07) is 0.369. The Bertz CT molecular complexity index is 594. The molecule has 1 saturated carbocycles. The van der Waals surface area contributed by atoms with Crippen molar-refractivity contribution in [2.24, 2.45) is 5.92 Å². The third-order valence-electron chi connectivity index (χ3n) is 3.84. The zero-order chi connectivity index (χ0) is 13.4. The summed E-state index contributed by atoms with van der Waals surface area (Å²) in [6.45, 7) is 5.01. The third-order valence-corrected chi connectivity index (χ3v) is 3.84. The number of nitrogens with zero attached hydrogens (tertiary/aromatic N) is 4. The maximum Gasteiger partial charge on any atom is 0.153 e. The number of rotatable bonds is 5. The molecule has 2 heterocycles. The molecule has 1 unspecified atom stereocenters. The molecule has 0 bridgehead atoms. The van der Waals surface area contributed by atoms with Gasteiger partial charge in [0.25, 0.3) is 0 Å². The molecule has 0 aromatic carbocycles. The van der Waals surface area contributed by atoms with Gasteiger partial charge in [0.1, 0.15) is 5.69 Å². The van der Waals surface area contributed by atoms with Gasteiger partial charge in [-0.05, 0) is 32.6 Å². The Morgan fingerprint density at radius 1 is 1.47 bits per heavy atom. The topological polar surface area (TPSA) is 52.7 Å². The highest BCUT2D eigenvalue weighted by Gasteiger charge is 2.30. The van der Waals surface area contributed by atoms with Crippen LogP contribution in [0.5, 0.6) is 0 Å². The van der Waals surface area contributed by atoms with E-state index in [4.69, 9.17) is 0 Å².